The molecule has 208 valence electrons. The summed E-state index contributed by atoms with van der Waals surface area (Å²) in [7, 11) is 1.71. The molecule has 3 N–H and O–H groups in total. The van der Waals surface area contributed by atoms with Gasteiger partial charge in [0.1, 0.15) is 0 Å². The smallest absolute Gasteiger partial charge is 0.270 e. The Morgan fingerprint density at radius 2 is 2.00 bits per heavy atom. The molecule has 9 heteroatoms. The maximum Gasteiger partial charge on any atom is 0.270 e. The van der Waals surface area contributed by atoms with Crippen molar-refractivity contribution in [3.8, 4) is 0 Å². The average molecular weight is 517 g/mol. The molecule has 0 aromatic carbocycles. The first-order chi connectivity index (χ1) is 18.1. The van der Waals surface area contributed by atoms with E-state index in [0.717, 1.165) is 63.1 Å². The molecule has 0 radical (unpaired) electrons. The fourth-order valence-corrected chi connectivity index (χ4v) is 6.03. The van der Waals surface area contributed by atoms with E-state index in [1.54, 1.807) is 7.11 Å². The topological polar surface area (TPSA) is 90.5 Å². The Hall–Kier alpha value is -1.94. The van der Waals surface area contributed by atoms with Gasteiger partial charge in [0.15, 0.2) is 5.96 Å². The molecule has 0 unspecified atom stereocenters. The Morgan fingerprint density at radius 3 is 2.65 bits per heavy atom. The van der Waals surface area contributed by atoms with Crippen LogP contribution in [0.2, 0.25) is 0 Å². The normalized spacial score (nSPS) is 29.5. The second-order valence-electron chi connectivity index (χ2n) is 10.9. The standard InChI is InChI=1S/C28H48N6O3/c1-4-33-12-14-34(15-13-33)25-10-8-24(9-11-25)31-28-29-19-22(20-30-28)7-6-21-16-23(18-26(17-21)36-3)27(35)32-37-5-2/h8,18,21-22,25-26H,4-7,9-17,19-20H2,1-3H3,(H,32,35)(H2,29,30,31)/t21-,25+,26-/m0/s1. The van der Waals surface area contributed by atoms with Crippen LogP contribution >= 0.6 is 0 Å². The van der Waals surface area contributed by atoms with Crippen molar-refractivity contribution in [2.45, 2.75) is 70.9 Å². The summed E-state index contributed by atoms with van der Waals surface area (Å²) in [6.45, 7) is 12.4. The SMILES string of the molecule is CCONC(=O)C1=C[C@@H](OC)C[C@@H](CC[C@H]2CN=C(NC3=CC[C@@H](N4CCN(CC)CC4)CC3)NC2)C1. The van der Waals surface area contributed by atoms with Crippen molar-refractivity contribution < 1.29 is 14.4 Å². The first-order valence-corrected chi connectivity index (χ1v) is 14.4. The monoisotopic (exact) mass is 516 g/mol. The zero-order valence-electron chi connectivity index (χ0n) is 23.1. The quantitative estimate of drug-likeness (QED) is 0.384. The molecule has 37 heavy (non-hydrogen) atoms. The maximum absolute atomic E-state index is 12.4. The Kier molecular flexibility index (Phi) is 10.8. The molecule has 0 spiro atoms. The van der Waals surface area contributed by atoms with Crippen molar-refractivity contribution in [3.63, 3.8) is 0 Å². The van der Waals surface area contributed by atoms with Gasteiger partial charge < -0.3 is 20.3 Å². The van der Waals surface area contributed by atoms with Gasteiger partial charge in [0.05, 0.1) is 12.7 Å². The molecule has 0 bridgehead atoms. The predicted molar refractivity (Wildman–Crippen MR) is 147 cm³/mol. The number of guanidine groups is 1. The fourth-order valence-electron chi connectivity index (χ4n) is 6.03. The van der Waals surface area contributed by atoms with Gasteiger partial charge in [0.25, 0.3) is 5.91 Å². The molecule has 1 amide bonds. The Bertz CT molecular complexity index is 836. The number of allylic oxidation sites excluding steroid dienone is 1. The zero-order valence-corrected chi connectivity index (χ0v) is 23.1. The highest BCUT2D eigenvalue weighted by atomic mass is 16.6. The van der Waals surface area contributed by atoms with E-state index in [4.69, 9.17) is 14.6 Å². The van der Waals surface area contributed by atoms with Gasteiger partial charge in [0, 0.05) is 63.7 Å². The Morgan fingerprint density at radius 1 is 1.19 bits per heavy atom. The fraction of sp³-hybridized carbons (Fsp3) is 0.786. The van der Waals surface area contributed by atoms with Crippen LogP contribution in [0.15, 0.2) is 28.4 Å². The number of hydrogen-bond donors (Lipinski definition) is 3. The van der Waals surface area contributed by atoms with Gasteiger partial charge >= 0.3 is 0 Å². The minimum absolute atomic E-state index is 0.0104. The highest BCUT2D eigenvalue weighted by molar-refractivity contribution is 5.92. The second-order valence-corrected chi connectivity index (χ2v) is 10.9. The van der Waals surface area contributed by atoms with Crippen LogP contribution < -0.4 is 16.1 Å². The number of nitrogens with one attached hydrogen (secondary N) is 3. The molecule has 4 rings (SSSR count). The number of nitrogens with zero attached hydrogens (tertiary/aromatic N) is 3. The lowest BCUT2D eigenvalue weighted by molar-refractivity contribution is -0.129. The van der Waals surface area contributed by atoms with Gasteiger partial charge in [-0.2, -0.15) is 0 Å². The van der Waals surface area contributed by atoms with Gasteiger partial charge in [0.2, 0.25) is 0 Å². The lowest BCUT2D eigenvalue weighted by Gasteiger charge is -2.40. The highest BCUT2D eigenvalue weighted by Crippen LogP contribution is 2.31. The molecule has 2 heterocycles. The van der Waals surface area contributed by atoms with E-state index in [1.165, 1.54) is 44.8 Å². The molecule has 0 aromatic rings. The summed E-state index contributed by atoms with van der Waals surface area (Å²) in [5, 5.41) is 7.09. The number of likely N-dealkylation sites (N-methyl/N-ethyl adjacent to an activating group) is 1. The second kappa shape index (κ2) is 14.3. The number of carbonyl (C=O) groups is 1. The van der Waals surface area contributed by atoms with Crippen LogP contribution in [-0.2, 0) is 14.4 Å². The van der Waals surface area contributed by atoms with Gasteiger partial charge in [-0.1, -0.05) is 13.0 Å². The van der Waals surface area contributed by atoms with Gasteiger partial charge in [-0.15, -0.1) is 0 Å². The van der Waals surface area contributed by atoms with Crippen LogP contribution in [0.3, 0.4) is 0 Å². The molecule has 0 aromatic heterocycles. The third kappa shape index (κ3) is 8.27. The number of ether oxygens (including phenoxy) is 1. The van der Waals surface area contributed by atoms with E-state index in [2.05, 4.69) is 38.9 Å². The highest BCUT2D eigenvalue weighted by Gasteiger charge is 2.28. The van der Waals surface area contributed by atoms with Crippen LogP contribution in [0.4, 0.5) is 0 Å². The number of methoxy groups -OCH3 is 1. The molecule has 0 saturated carbocycles. The van der Waals surface area contributed by atoms with Crippen molar-refractivity contribution >= 4 is 11.9 Å². The number of amides is 1. The van der Waals surface area contributed by atoms with Gasteiger partial charge in [-0.05, 0) is 76.3 Å². The number of rotatable bonds is 10. The Balaban J connectivity index is 1.17. The van der Waals surface area contributed by atoms with Crippen molar-refractivity contribution in [3.05, 3.63) is 23.4 Å². The van der Waals surface area contributed by atoms with E-state index in [1.807, 2.05) is 13.0 Å². The molecule has 2 aliphatic carbocycles. The molecule has 4 atom stereocenters. The summed E-state index contributed by atoms with van der Waals surface area (Å²) in [6, 6.07) is 0.688. The first-order valence-electron chi connectivity index (χ1n) is 14.4. The summed E-state index contributed by atoms with van der Waals surface area (Å²) in [5.41, 5.74) is 4.61. The molecule has 4 aliphatic rings. The number of hydrogen-bond acceptors (Lipinski definition) is 8. The van der Waals surface area contributed by atoms with Crippen LogP contribution in [-0.4, -0.2) is 93.3 Å². The van der Waals surface area contributed by atoms with E-state index >= 15 is 0 Å². The van der Waals surface area contributed by atoms with E-state index in [0.29, 0.717) is 24.5 Å². The molecule has 9 nitrogen and oxygen atoms in total. The Labute approximate surface area is 223 Å². The molecule has 1 saturated heterocycles. The van der Waals surface area contributed by atoms with Crippen LogP contribution in [0, 0.1) is 11.8 Å². The van der Waals surface area contributed by atoms with Gasteiger partial charge in [-0.25, -0.2) is 5.48 Å². The van der Waals surface area contributed by atoms with Crippen LogP contribution in [0.25, 0.3) is 0 Å². The average Bonchev–Trinajstić information content (AvgIpc) is 2.95. The lowest BCUT2D eigenvalue weighted by atomic mass is 9.82. The third-order valence-electron chi connectivity index (χ3n) is 8.45. The summed E-state index contributed by atoms with van der Waals surface area (Å²) < 4.78 is 5.58. The molecule has 1 fully saturated rings. The number of piperazine rings is 1. The van der Waals surface area contributed by atoms with E-state index in [-0.39, 0.29) is 12.0 Å². The minimum atomic E-state index is -0.143. The minimum Gasteiger partial charge on any atom is -0.377 e. The van der Waals surface area contributed by atoms with Crippen molar-refractivity contribution in [2.24, 2.45) is 16.8 Å². The summed E-state index contributed by atoms with van der Waals surface area (Å²) in [4.78, 5) is 27.5. The van der Waals surface area contributed by atoms with Gasteiger partial charge in [-0.3, -0.25) is 19.5 Å². The van der Waals surface area contributed by atoms with Crippen LogP contribution in [0.5, 0.6) is 0 Å². The third-order valence-corrected chi connectivity index (χ3v) is 8.45. The van der Waals surface area contributed by atoms with E-state index < -0.39 is 0 Å². The first kappa shape index (κ1) is 28.1. The lowest BCUT2D eigenvalue weighted by Crippen LogP contribution is -2.50. The number of hydroxylamine groups is 1. The van der Waals surface area contributed by atoms with Crippen molar-refractivity contribution in [2.75, 3.05) is 59.5 Å². The predicted octanol–water partition coefficient (Wildman–Crippen LogP) is 2.42. The van der Waals surface area contributed by atoms with Crippen molar-refractivity contribution in [1.82, 2.24) is 25.9 Å². The van der Waals surface area contributed by atoms with Crippen LogP contribution in [0.1, 0.15) is 58.8 Å². The zero-order chi connectivity index (χ0) is 26.0. The summed E-state index contributed by atoms with van der Waals surface area (Å²) >= 11 is 0. The largest absolute Gasteiger partial charge is 0.377 e. The molecular formula is C28H48N6O3. The molecule has 2 aliphatic heterocycles. The van der Waals surface area contributed by atoms with E-state index in [9.17, 15) is 4.79 Å². The number of aliphatic imine (C=N–C) groups is 1. The molecular weight excluding hydrogens is 468 g/mol. The maximum atomic E-state index is 12.4. The summed E-state index contributed by atoms with van der Waals surface area (Å²) in [6.07, 6.45) is 11.7. The summed E-state index contributed by atoms with van der Waals surface area (Å²) in [5.74, 6) is 1.74. The number of carbonyl (C=O) groups excluding carboxylic acids is 1. The van der Waals surface area contributed by atoms with Crippen molar-refractivity contribution in [1.29, 1.82) is 0 Å².